The molecular weight excluding hydrogens is 168 g/mol. The molecule has 0 saturated heterocycles. The first-order valence-electron chi connectivity index (χ1n) is 4.34. The van der Waals surface area contributed by atoms with Crippen LogP contribution in [0.1, 0.15) is 32.4 Å². The normalized spacial score (nSPS) is 8.62. The van der Waals surface area contributed by atoms with Crippen LogP contribution in [0, 0.1) is 6.92 Å². The molecule has 0 atom stereocenters. The van der Waals surface area contributed by atoms with Crippen molar-refractivity contribution in [3.05, 3.63) is 17.8 Å². The van der Waals surface area contributed by atoms with Gasteiger partial charge in [-0.3, -0.25) is 4.79 Å². The van der Waals surface area contributed by atoms with Crippen LogP contribution >= 0.6 is 0 Å². The van der Waals surface area contributed by atoms with Crippen LogP contribution in [0.15, 0.2) is 10.6 Å². The van der Waals surface area contributed by atoms with E-state index < -0.39 is 0 Å². The fourth-order valence-corrected chi connectivity index (χ4v) is 0.699. The van der Waals surface area contributed by atoms with Crippen LogP contribution in [-0.4, -0.2) is 10.9 Å². The average Bonchev–Trinajstić information content (AvgIpc) is 2.52. The van der Waals surface area contributed by atoms with E-state index in [9.17, 15) is 4.79 Å². The van der Waals surface area contributed by atoms with Crippen LogP contribution in [0.3, 0.4) is 0 Å². The summed E-state index contributed by atoms with van der Waals surface area (Å²) in [7, 11) is 0. The van der Waals surface area contributed by atoms with E-state index in [4.69, 9.17) is 4.42 Å². The first kappa shape index (κ1) is 11.7. The molecule has 1 aromatic rings. The summed E-state index contributed by atoms with van der Waals surface area (Å²) in [5.41, 5.74) is 0. The Kier molecular flexibility index (Phi) is 5.59. The monoisotopic (exact) mass is 184 g/mol. The molecule has 1 amide bonds. The average molecular weight is 184 g/mol. The summed E-state index contributed by atoms with van der Waals surface area (Å²) in [6.45, 7) is 7.64. The molecule has 0 aliphatic heterocycles. The van der Waals surface area contributed by atoms with Gasteiger partial charge in [-0.25, -0.2) is 4.98 Å². The molecule has 0 fully saturated rings. The van der Waals surface area contributed by atoms with Crippen molar-refractivity contribution < 1.29 is 9.21 Å². The molecule has 1 rings (SSSR count). The zero-order valence-electron chi connectivity index (χ0n) is 8.55. The van der Waals surface area contributed by atoms with Crippen molar-refractivity contribution >= 4 is 5.91 Å². The topological polar surface area (TPSA) is 55.1 Å². The Morgan fingerprint density at radius 3 is 2.62 bits per heavy atom. The molecular formula is C9H16N2O2. The Hall–Kier alpha value is -1.32. The van der Waals surface area contributed by atoms with Crippen molar-refractivity contribution in [3.63, 3.8) is 0 Å². The molecule has 4 nitrogen and oxygen atoms in total. The van der Waals surface area contributed by atoms with Gasteiger partial charge in [0.15, 0.2) is 5.89 Å². The van der Waals surface area contributed by atoms with Gasteiger partial charge in [-0.15, -0.1) is 0 Å². The van der Waals surface area contributed by atoms with Gasteiger partial charge in [0.05, 0.1) is 12.7 Å². The largest absolute Gasteiger partial charge is 0.444 e. The third kappa shape index (κ3) is 5.00. The highest BCUT2D eigenvalue weighted by atomic mass is 16.4. The Bertz CT molecular complexity index is 256. The van der Waals surface area contributed by atoms with Crippen LogP contribution in [0.25, 0.3) is 0 Å². The molecule has 0 spiro atoms. The number of hydrogen-bond donors (Lipinski definition) is 1. The maximum absolute atomic E-state index is 10.5. The summed E-state index contributed by atoms with van der Waals surface area (Å²) in [5.74, 6) is 1.22. The highest BCUT2D eigenvalue weighted by Crippen LogP contribution is 2.00. The van der Waals surface area contributed by atoms with Gasteiger partial charge in [0.2, 0.25) is 5.91 Å². The first-order chi connectivity index (χ1) is 6.18. The fraction of sp³-hybridized carbons (Fsp3) is 0.556. The third-order valence-corrected chi connectivity index (χ3v) is 1.18. The van der Waals surface area contributed by atoms with E-state index >= 15 is 0 Å². The lowest BCUT2D eigenvalue weighted by atomic mass is 10.5. The lowest BCUT2D eigenvalue weighted by molar-refractivity contribution is -0.119. The van der Waals surface area contributed by atoms with Gasteiger partial charge in [-0.1, -0.05) is 13.8 Å². The van der Waals surface area contributed by atoms with E-state index in [0.717, 1.165) is 0 Å². The molecule has 0 radical (unpaired) electrons. The molecule has 0 aromatic carbocycles. The number of nitrogens with zero attached hydrogens (tertiary/aromatic N) is 1. The Balaban J connectivity index is 0.000000671. The zero-order valence-corrected chi connectivity index (χ0v) is 8.55. The van der Waals surface area contributed by atoms with E-state index in [1.54, 1.807) is 13.1 Å². The zero-order chi connectivity index (χ0) is 10.3. The quantitative estimate of drug-likeness (QED) is 0.760. The van der Waals surface area contributed by atoms with Crippen molar-refractivity contribution in [2.45, 2.75) is 34.2 Å². The fourth-order valence-electron chi connectivity index (χ4n) is 0.699. The van der Waals surface area contributed by atoms with Crippen LogP contribution in [-0.2, 0) is 11.3 Å². The van der Waals surface area contributed by atoms with E-state index in [0.29, 0.717) is 18.2 Å². The lowest BCUT2D eigenvalue weighted by Gasteiger charge is -1.95. The van der Waals surface area contributed by atoms with Crippen LogP contribution in [0.5, 0.6) is 0 Å². The standard InChI is InChI=1S/C7H10N2O2.C2H6/c1-5(10)8-3-7-4-9-6(2)11-7;1-2/h4H,3H2,1-2H3,(H,8,10);1-2H3. The molecule has 0 aliphatic rings. The highest BCUT2D eigenvalue weighted by Gasteiger charge is 1.99. The summed E-state index contributed by atoms with van der Waals surface area (Å²) in [6, 6.07) is 0. The second kappa shape index (κ2) is 6.22. The van der Waals surface area contributed by atoms with Gasteiger partial charge in [-0.05, 0) is 0 Å². The van der Waals surface area contributed by atoms with Gasteiger partial charge >= 0.3 is 0 Å². The summed E-state index contributed by atoms with van der Waals surface area (Å²) in [4.78, 5) is 14.3. The van der Waals surface area contributed by atoms with E-state index in [-0.39, 0.29) is 5.91 Å². The van der Waals surface area contributed by atoms with Crippen LogP contribution in [0.4, 0.5) is 0 Å². The van der Waals surface area contributed by atoms with Crippen molar-refractivity contribution in [1.82, 2.24) is 10.3 Å². The number of hydrogen-bond acceptors (Lipinski definition) is 3. The van der Waals surface area contributed by atoms with Crippen molar-refractivity contribution in [2.75, 3.05) is 0 Å². The number of aromatic nitrogens is 1. The number of amides is 1. The Morgan fingerprint density at radius 2 is 2.23 bits per heavy atom. The number of carbonyl (C=O) groups excluding carboxylic acids is 1. The predicted molar refractivity (Wildman–Crippen MR) is 50.1 cm³/mol. The summed E-state index contributed by atoms with van der Waals surface area (Å²) in [6.07, 6.45) is 1.60. The predicted octanol–water partition coefficient (Wildman–Crippen LogP) is 1.65. The first-order valence-corrected chi connectivity index (χ1v) is 4.34. The second-order valence-corrected chi connectivity index (χ2v) is 2.26. The van der Waals surface area contributed by atoms with E-state index in [1.807, 2.05) is 13.8 Å². The second-order valence-electron chi connectivity index (χ2n) is 2.26. The molecule has 1 aromatic heterocycles. The molecule has 74 valence electrons. The van der Waals surface area contributed by atoms with Crippen LogP contribution in [0.2, 0.25) is 0 Å². The highest BCUT2D eigenvalue weighted by molar-refractivity contribution is 5.72. The smallest absolute Gasteiger partial charge is 0.217 e. The number of rotatable bonds is 2. The minimum Gasteiger partial charge on any atom is -0.444 e. The summed E-state index contributed by atoms with van der Waals surface area (Å²) in [5, 5.41) is 2.60. The minimum absolute atomic E-state index is 0.0703. The van der Waals surface area contributed by atoms with Crippen molar-refractivity contribution in [2.24, 2.45) is 0 Å². The van der Waals surface area contributed by atoms with Crippen molar-refractivity contribution in [1.29, 1.82) is 0 Å². The summed E-state index contributed by atoms with van der Waals surface area (Å²) < 4.78 is 5.11. The molecule has 0 aliphatic carbocycles. The molecule has 13 heavy (non-hydrogen) atoms. The van der Waals surface area contributed by atoms with Gasteiger partial charge < -0.3 is 9.73 Å². The number of aryl methyl sites for hydroxylation is 1. The number of oxazole rings is 1. The molecule has 1 N–H and O–H groups in total. The van der Waals surface area contributed by atoms with E-state index in [1.165, 1.54) is 6.92 Å². The molecule has 0 saturated carbocycles. The van der Waals surface area contributed by atoms with Crippen LogP contribution < -0.4 is 5.32 Å². The number of nitrogens with one attached hydrogen (secondary N) is 1. The summed E-state index contributed by atoms with van der Waals surface area (Å²) >= 11 is 0. The maximum Gasteiger partial charge on any atom is 0.217 e. The number of carbonyl (C=O) groups is 1. The lowest BCUT2D eigenvalue weighted by Crippen LogP contribution is -2.18. The van der Waals surface area contributed by atoms with Gasteiger partial charge in [0.25, 0.3) is 0 Å². The Labute approximate surface area is 78.4 Å². The molecule has 1 heterocycles. The SMILES string of the molecule is CC.CC(=O)NCc1cnc(C)o1. The molecule has 0 bridgehead atoms. The Morgan fingerprint density at radius 1 is 1.62 bits per heavy atom. The van der Waals surface area contributed by atoms with Gasteiger partial charge in [0, 0.05) is 13.8 Å². The van der Waals surface area contributed by atoms with Gasteiger partial charge in [0.1, 0.15) is 5.76 Å². The van der Waals surface area contributed by atoms with Crippen molar-refractivity contribution in [3.8, 4) is 0 Å². The third-order valence-electron chi connectivity index (χ3n) is 1.18. The minimum atomic E-state index is -0.0703. The van der Waals surface area contributed by atoms with E-state index in [2.05, 4.69) is 10.3 Å². The maximum atomic E-state index is 10.5. The van der Waals surface area contributed by atoms with Gasteiger partial charge in [-0.2, -0.15) is 0 Å². The molecule has 0 unspecified atom stereocenters. The molecule has 4 heteroatoms.